The van der Waals surface area contributed by atoms with E-state index in [4.69, 9.17) is 45.8 Å². The Balaban J connectivity index is 0.000000546. The van der Waals surface area contributed by atoms with Crippen LogP contribution in [0.1, 0.15) is 6.92 Å². The smallest absolute Gasteiger partial charge is 0.394 e. The molecule has 34 heavy (non-hydrogen) atoms. The Kier molecular flexibility index (Phi) is 10.3. The summed E-state index contributed by atoms with van der Waals surface area (Å²) in [7, 11) is -10.7. The van der Waals surface area contributed by atoms with Gasteiger partial charge in [0.1, 0.15) is 30.0 Å². The Morgan fingerprint density at radius 1 is 1.26 bits per heavy atom. The summed E-state index contributed by atoms with van der Waals surface area (Å²) in [6.07, 6.45) is -5.50. The summed E-state index contributed by atoms with van der Waals surface area (Å²) in [5.74, 6) is 0. The fourth-order valence-electron chi connectivity index (χ4n) is 2.53. The summed E-state index contributed by atoms with van der Waals surface area (Å²) < 4.78 is 31.6. The highest BCUT2D eigenvalue weighted by Crippen LogP contribution is 2.62. The van der Waals surface area contributed by atoms with Gasteiger partial charge in [-0.15, -0.1) is 0 Å². The van der Waals surface area contributed by atoms with Gasteiger partial charge in [-0.25, -0.2) is 13.7 Å². The third kappa shape index (κ3) is 7.23. The third-order valence-corrected chi connectivity index (χ3v) is 7.65. The van der Waals surface area contributed by atoms with Crippen molar-refractivity contribution in [2.75, 3.05) is 19.8 Å². The molecule has 0 aromatic rings. The molecular formula is C14H29N3O15P2. The number of nitrogens with one attached hydrogen (secondary N) is 1. The van der Waals surface area contributed by atoms with Gasteiger partial charge in [-0.1, -0.05) is 0 Å². The number of phosphoric acid groups is 1. The largest absolute Gasteiger partial charge is 0.476 e. The number of carbonyl (C=O) groups is 1. The molecular weight excluding hydrogens is 512 g/mol. The quantitative estimate of drug-likeness (QED) is 0.128. The number of aliphatic hydroxyl groups is 7. The van der Waals surface area contributed by atoms with Crippen molar-refractivity contribution >= 4 is 21.4 Å². The Morgan fingerprint density at radius 3 is 2.18 bits per heavy atom. The van der Waals surface area contributed by atoms with Gasteiger partial charge in [-0.3, -0.25) is 15.2 Å². The maximum absolute atomic E-state index is 12.1. The van der Waals surface area contributed by atoms with Crippen LogP contribution in [0.15, 0.2) is 12.3 Å². The van der Waals surface area contributed by atoms with Gasteiger partial charge in [0, 0.05) is 6.20 Å². The number of carbonyl (C=O) groups excluding carboxylic acids is 1. The molecule has 13 N–H and O–H groups in total. The monoisotopic (exact) mass is 541 g/mol. The highest BCUT2D eigenvalue weighted by atomic mass is 31.3. The normalized spacial score (nSPS) is 33.9. The lowest BCUT2D eigenvalue weighted by atomic mass is 10.0. The number of ether oxygens (including phenoxy) is 1. The average Bonchev–Trinajstić information content (AvgIpc) is 3.00. The first-order valence-corrected chi connectivity index (χ1v) is 12.4. The van der Waals surface area contributed by atoms with E-state index in [1.54, 1.807) is 0 Å². The fraction of sp³-hybridized carbons (Fsp3) is 0.786. The SMILES string of the molecule is CC(O)(CO)C(O)CO.NC1(P(=O)(O)OP(=O)(O)O)C=CN([C@@H]2O[C@H](CO)[C@@H](O)[C@H]2O)C(=O)N1. The predicted octanol–water partition coefficient (Wildman–Crippen LogP) is -5.05. The first kappa shape index (κ1) is 31.0. The van der Waals surface area contributed by atoms with E-state index in [9.17, 15) is 29.0 Å². The van der Waals surface area contributed by atoms with Crippen LogP contribution in [0, 0.1) is 0 Å². The van der Waals surface area contributed by atoms with Crippen LogP contribution in [0.5, 0.6) is 0 Å². The predicted molar refractivity (Wildman–Crippen MR) is 108 cm³/mol. The Morgan fingerprint density at radius 2 is 1.82 bits per heavy atom. The van der Waals surface area contributed by atoms with Gasteiger partial charge in [0.25, 0.3) is 0 Å². The molecule has 0 saturated carbocycles. The van der Waals surface area contributed by atoms with Crippen molar-refractivity contribution in [3.8, 4) is 0 Å². The molecule has 18 nitrogen and oxygen atoms in total. The van der Waals surface area contributed by atoms with Crippen molar-refractivity contribution in [3.63, 3.8) is 0 Å². The topological polar surface area (TPSA) is 313 Å². The van der Waals surface area contributed by atoms with Crippen molar-refractivity contribution in [1.29, 1.82) is 0 Å². The number of nitrogens with two attached hydrogens (primary N) is 1. The van der Waals surface area contributed by atoms with Crippen LogP contribution < -0.4 is 11.1 Å². The first-order chi connectivity index (χ1) is 15.4. The number of aliphatic hydroxyl groups excluding tert-OH is 6. The molecule has 2 amide bonds. The third-order valence-electron chi connectivity index (χ3n) is 4.72. The number of nitrogens with zero attached hydrogens (tertiary/aromatic N) is 1. The van der Waals surface area contributed by atoms with Crippen molar-refractivity contribution in [1.82, 2.24) is 10.2 Å². The van der Waals surface area contributed by atoms with Crippen LogP contribution >= 0.6 is 15.4 Å². The molecule has 0 aromatic carbocycles. The van der Waals surface area contributed by atoms with Gasteiger partial charge in [-0.05, 0) is 13.0 Å². The van der Waals surface area contributed by atoms with Gasteiger partial charge >= 0.3 is 21.4 Å². The molecule has 0 spiro atoms. The molecule has 2 aliphatic heterocycles. The lowest BCUT2D eigenvalue weighted by Gasteiger charge is -2.38. The molecule has 4 unspecified atom stereocenters. The van der Waals surface area contributed by atoms with Crippen LogP contribution in [0.25, 0.3) is 0 Å². The van der Waals surface area contributed by atoms with E-state index >= 15 is 0 Å². The molecule has 0 bridgehead atoms. The van der Waals surface area contributed by atoms with Crippen LogP contribution in [-0.4, -0.2) is 123 Å². The number of rotatable bonds is 8. The van der Waals surface area contributed by atoms with Gasteiger partial charge in [0.05, 0.1) is 19.8 Å². The zero-order chi connectivity index (χ0) is 26.7. The highest BCUT2D eigenvalue weighted by Gasteiger charge is 2.54. The zero-order valence-corrected chi connectivity index (χ0v) is 19.4. The van der Waals surface area contributed by atoms with Crippen molar-refractivity contribution in [2.24, 2.45) is 5.73 Å². The van der Waals surface area contributed by atoms with Gasteiger partial charge in [0.15, 0.2) is 6.23 Å². The van der Waals surface area contributed by atoms with Crippen molar-refractivity contribution in [2.45, 2.75) is 48.6 Å². The molecule has 2 aliphatic rings. The van der Waals surface area contributed by atoms with E-state index in [0.29, 0.717) is 11.0 Å². The van der Waals surface area contributed by atoms with Crippen LogP contribution in [0.2, 0.25) is 0 Å². The van der Waals surface area contributed by atoms with E-state index in [1.165, 1.54) is 6.92 Å². The van der Waals surface area contributed by atoms with Gasteiger partial charge in [-0.2, -0.15) is 0 Å². The second-order valence-corrected chi connectivity index (χ2v) is 10.9. The minimum Gasteiger partial charge on any atom is -0.394 e. The lowest BCUT2D eigenvalue weighted by molar-refractivity contribution is -0.108. The van der Waals surface area contributed by atoms with E-state index in [0.717, 1.165) is 6.20 Å². The van der Waals surface area contributed by atoms with Gasteiger partial charge in [0.2, 0.25) is 5.40 Å². The van der Waals surface area contributed by atoms with E-state index in [1.807, 2.05) is 5.32 Å². The second kappa shape index (κ2) is 11.3. The highest BCUT2D eigenvalue weighted by molar-refractivity contribution is 7.64. The number of urea groups is 1. The van der Waals surface area contributed by atoms with E-state index < -0.39 is 82.9 Å². The molecule has 8 atom stereocenters. The molecule has 200 valence electrons. The molecule has 0 aromatic heterocycles. The number of hydrogen-bond donors (Lipinski definition) is 12. The summed E-state index contributed by atoms with van der Waals surface area (Å²) >= 11 is 0. The van der Waals surface area contributed by atoms with Crippen LogP contribution in [0.3, 0.4) is 0 Å². The lowest BCUT2D eigenvalue weighted by Crippen LogP contribution is -2.62. The summed E-state index contributed by atoms with van der Waals surface area (Å²) in [4.78, 5) is 39.8. The summed E-state index contributed by atoms with van der Waals surface area (Å²) in [5, 5.41) is 62.0. The van der Waals surface area contributed by atoms with Crippen molar-refractivity contribution in [3.05, 3.63) is 12.3 Å². The van der Waals surface area contributed by atoms with E-state index in [-0.39, 0.29) is 0 Å². The maximum atomic E-state index is 12.1. The zero-order valence-electron chi connectivity index (χ0n) is 17.6. The Bertz CT molecular complexity index is 837. The first-order valence-electron chi connectivity index (χ1n) is 9.29. The molecule has 0 aliphatic carbocycles. The molecule has 1 saturated heterocycles. The number of amides is 2. The van der Waals surface area contributed by atoms with Crippen LogP contribution in [0.4, 0.5) is 4.79 Å². The summed E-state index contributed by atoms with van der Waals surface area (Å²) in [5.41, 5.74) is 3.90. The fourth-order valence-corrected chi connectivity index (χ4v) is 4.71. The minimum absolute atomic E-state index is 0.548. The van der Waals surface area contributed by atoms with E-state index in [2.05, 4.69) is 4.31 Å². The minimum atomic E-state index is -5.40. The summed E-state index contributed by atoms with van der Waals surface area (Å²) in [6, 6.07) is -1.19. The number of hydrogen-bond acceptors (Lipinski definition) is 13. The second-order valence-electron chi connectivity index (χ2n) is 7.51. The Hall–Kier alpha value is -1.05. The average molecular weight is 541 g/mol. The molecule has 0 radical (unpaired) electrons. The summed E-state index contributed by atoms with van der Waals surface area (Å²) in [6.45, 7) is -0.507. The maximum Gasteiger partial charge on any atom is 0.476 e. The van der Waals surface area contributed by atoms with Crippen LogP contribution in [-0.2, 0) is 18.2 Å². The Labute approximate surface area is 192 Å². The molecule has 1 fully saturated rings. The molecule has 20 heteroatoms. The molecule has 2 heterocycles. The van der Waals surface area contributed by atoms with Crippen molar-refractivity contribution < 1.29 is 73.4 Å². The van der Waals surface area contributed by atoms with Gasteiger partial charge < -0.3 is 60.5 Å². The standard InChI is InChI=1S/C9H17N3O11P2.C5H12O4/c10-9(24(17,18)23-25(19,20)21)1-2-12(8(16)11-9)7-6(15)5(14)4(3-13)22-7;1-5(9,3-7)4(8)2-6/h1-2,4-7,13-15H,3,10H2,(H,11,16)(H,17,18)(H2,19,20,21);4,6-9H,2-3H2,1H3/t4-,5-,6-,7-,9?;/m1./s1. The molecule has 2 rings (SSSR count).